The maximum Gasteiger partial charge on any atom is 0.472 e. The second kappa shape index (κ2) is 31.4. The highest BCUT2D eigenvalue weighted by atomic mass is 31.2. The molecule has 48 heavy (non-hydrogen) atoms. The Morgan fingerprint density at radius 1 is 0.688 bits per heavy atom. The highest BCUT2D eigenvalue weighted by molar-refractivity contribution is 7.47. The number of esters is 1. The molecule has 0 aromatic carbocycles. The number of hydrogen-bond acceptors (Lipinski definition) is 8. The number of amides is 1. The molecule has 0 aromatic rings. The minimum Gasteiger partial charge on any atom is -0.480 e. The van der Waals surface area contributed by atoms with Gasteiger partial charge in [-0.1, -0.05) is 107 Å². The lowest BCUT2D eigenvalue weighted by atomic mass is 10.1. The molecule has 0 rings (SSSR count). The summed E-state index contributed by atoms with van der Waals surface area (Å²) in [5, 5.41) is 21.6. The molecule has 0 aliphatic heterocycles. The lowest BCUT2D eigenvalue weighted by Gasteiger charge is -2.18. The zero-order valence-corrected chi connectivity index (χ0v) is 29.9. The van der Waals surface area contributed by atoms with Crippen LogP contribution >= 0.6 is 7.82 Å². The fourth-order valence-electron chi connectivity index (χ4n) is 4.10. The molecule has 0 saturated heterocycles. The summed E-state index contributed by atoms with van der Waals surface area (Å²) >= 11 is 0. The number of nitrogens with one attached hydrogen (secondary N) is 1. The minimum atomic E-state index is -4.75. The Balaban J connectivity index is 4.08. The van der Waals surface area contributed by atoms with Crippen LogP contribution in [0.25, 0.3) is 0 Å². The van der Waals surface area contributed by atoms with E-state index < -0.39 is 57.6 Å². The summed E-state index contributed by atoms with van der Waals surface area (Å²) in [6, 6.07) is -1.56. The van der Waals surface area contributed by atoms with Crippen LogP contribution in [0.3, 0.4) is 0 Å². The molecule has 4 N–H and O–H groups in total. The number of allylic oxidation sites excluding steroid dienone is 10. The smallest absolute Gasteiger partial charge is 0.472 e. The number of carbonyl (C=O) groups is 3. The second-order valence-corrected chi connectivity index (χ2v) is 12.8. The third-order valence-electron chi connectivity index (χ3n) is 6.82. The van der Waals surface area contributed by atoms with Crippen LogP contribution in [0.4, 0.5) is 0 Å². The normalized spacial score (nSPS) is 14.8. The van der Waals surface area contributed by atoms with Gasteiger partial charge in [-0.2, -0.15) is 0 Å². The maximum absolute atomic E-state index is 12.2. The van der Waals surface area contributed by atoms with Gasteiger partial charge in [0.05, 0.1) is 13.2 Å². The number of unbranched alkanes of at least 4 members (excludes halogenated alkanes) is 7. The van der Waals surface area contributed by atoms with Gasteiger partial charge in [-0.25, -0.2) is 9.36 Å². The molecule has 3 atom stereocenters. The summed E-state index contributed by atoms with van der Waals surface area (Å²) in [7, 11) is -4.75. The molecular weight excluding hydrogens is 637 g/mol. The summed E-state index contributed by atoms with van der Waals surface area (Å²) in [6.07, 6.45) is 33.1. The van der Waals surface area contributed by atoms with Gasteiger partial charge in [-0.05, 0) is 57.8 Å². The molecule has 274 valence electrons. The number of aliphatic carboxylic acids is 1. The lowest BCUT2D eigenvalue weighted by molar-refractivity contribution is -0.147. The summed E-state index contributed by atoms with van der Waals surface area (Å²) < 4.78 is 26.5. The summed E-state index contributed by atoms with van der Waals surface area (Å²) in [5.41, 5.74) is 0. The van der Waals surface area contributed by atoms with Crippen molar-refractivity contribution in [3.05, 3.63) is 60.8 Å². The van der Waals surface area contributed by atoms with Crippen LogP contribution in [0.15, 0.2) is 60.8 Å². The molecule has 0 aliphatic carbocycles. The Kier molecular flexibility index (Phi) is 29.6. The van der Waals surface area contributed by atoms with E-state index in [2.05, 4.69) is 84.4 Å². The molecule has 0 saturated carbocycles. The molecule has 12 heteroatoms. The van der Waals surface area contributed by atoms with Crippen LogP contribution in [0.5, 0.6) is 0 Å². The summed E-state index contributed by atoms with van der Waals surface area (Å²) in [5.74, 6) is -2.44. The third kappa shape index (κ3) is 30.5. The standard InChI is InChI=1S/C36H60NO10P/c1-3-5-7-9-10-11-12-13-14-15-16-17-18-19-20-21-22-24-25-27-34(39)37-33(36(41)42)31-47-48(43,44)46-30-32(38)29-45-35(40)28-26-23-8-6-4-2/h5,7,10-11,13-14,16-17,19-20,32-33,38H,3-4,6,8-9,12,15,18,21-31H2,1-2H3,(H,37,39)(H,41,42)(H,43,44)/b7-5-,11-10-,14-13-,17-16-,20-19-. The minimum absolute atomic E-state index is 0.104. The molecule has 0 bridgehead atoms. The first-order valence-electron chi connectivity index (χ1n) is 17.3. The predicted molar refractivity (Wildman–Crippen MR) is 189 cm³/mol. The van der Waals surface area contributed by atoms with E-state index in [1.807, 2.05) is 0 Å². The Labute approximate surface area is 287 Å². The van der Waals surface area contributed by atoms with Gasteiger partial charge < -0.3 is 25.2 Å². The first-order chi connectivity index (χ1) is 23.1. The van der Waals surface area contributed by atoms with E-state index in [4.69, 9.17) is 9.26 Å². The van der Waals surface area contributed by atoms with Gasteiger partial charge in [0.1, 0.15) is 12.7 Å². The van der Waals surface area contributed by atoms with Crippen molar-refractivity contribution >= 4 is 25.7 Å². The van der Waals surface area contributed by atoms with E-state index in [0.29, 0.717) is 12.8 Å². The largest absolute Gasteiger partial charge is 0.480 e. The van der Waals surface area contributed by atoms with Crippen LogP contribution in [0.1, 0.15) is 117 Å². The number of aliphatic hydroxyl groups excluding tert-OH is 1. The van der Waals surface area contributed by atoms with E-state index in [1.165, 1.54) is 0 Å². The fraction of sp³-hybridized carbons (Fsp3) is 0.639. The fourth-order valence-corrected chi connectivity index (χ4v) is 4.88. The first kappa shape index (κ1) is 45.2. The van der Waals surface area contributed by atoms with Crippen LogP contribution < -0.4 is 5.32 Å². The monoisotopic (exact) mass is 697 g/mol. The van der Waals surface area contributed by atoms with Crippen molar-refractivity contribution in [1.29, 1.82) is 0 Å². The van der Waals surface area contributed by atoms with E-state index in [0.717, 1.165) is 77.0 Å². The number of phosphoric acid groups is 1. The van der Waals surface area contributed by atoms with Crippen molar-refractivity contribution < 1.29 is 47.8 Å². The Hall–Kier alpha value is -2.82. The van der Waals surface area contributed by atoms with Crippen molar-refractivity contribution in [3.63, 3.8) is 0 Å². The van der Waals surface area contributed by atoms with Gasteiger partial charge in [0.15, 0.2) is 6.04 Å². The Bertz CT molecular complexity index is 1050. The Morgan fingerprint density at radius 3 is 1.79 bits per heavy atom. The molecule has 3 unspecified atom stereocenters. The molecule has 0 aromatic heterocycles. The summed E-state index contributed by atoms with van der Waals surface area (Å²) in [6.45, 7) is 2.30. The van der Waals surface area contributed by atoms with Crippen molar-refractivity contribution in [2.75, 3.05) is 19.8 Å². The van der Waals surface area contributed by atoms with E-state index in [-0.39, 0.29) is 12.8 Å². The maximum atomic E-state index is 12.2. The van der Waals surface area contributed by atoms with E-state index in [1.54, 1.807) is 0 Å². The van der Waals surface area contributed by atoms with Gasteiger partial charge >= 0.3 is 19.8 Å². The van der Waals surface area contributed by atoms with E-state index in [9.17, 15) is 34.1 Å². The molecule has 0 fully saturated rings. The molecular formula is C36H60NO10P. The predicted octanol–water partition coefficient (Wildman–Crippen LogP) is 7.66. The lowest BCUT2D eigenvalue weighted by Crippen LogP contribution is -2.43. The number of carbonyl (C=O) groups excluding carboxylic acids is 2. The zero-order chi connectivity index (χ0) is 35.7. The average Bonchev–Trinajstić information content (AvgIpc) is 3.05. The molecule has 11 nitrogen and oxygen atoms in total. The van der Waals surface area contributed by atoms with Gasteiger partial charge in [-0.15, -0.1) is 0 Å². The molecule has 0 aliphatic rings. The van der Waals surface area contributed by atoms with Gasteiger partial charge in [0.2, 0.25) is 5.91 Å². The molecule has 0 radical (unpaired) electrons. The van der Waals surface area contributed by atoms with Crippen LogP contribution in [0, 0.1) is 0 Å². The van der Waals surface area contributed by atoms with Crippen molar-refractivity contribution in [2.45, 2.75) is 129 Å². The number of carboxylic acid groups (broad SMARTS) is 1. The second-order valence-electron chi connectivity index (χ2n) is 11.3. The van der Waals surface area contributed by atoms with Crippen LogP contribution in [-0.2, 0) is 32.7 Å². The zero-order valence-electron chi connectivity index (χ0n) is 29.0. The van der Waals surface area contributed by atoms with Crippen LogP contribution in [0.2, 0.25) is 0 Å². The third-order valence-corrected chi connectivity index (χ3v) is 7.77. The number of ether oxygens (including phenoxy) is 1. The van der Waals surface area contributed by atoms with Crippen molar-refractivity contribution in [1.82, 2.24) is 5.32 Å². The van der Waals surface area contributed by atoms with Crippen molar-refractivity contribution in [2.24, 2.45) is 0 Å². The number of carboxylic acids is 1. The highest BCUT2D eigenvalue weighted by Gasteiger charge is 2.28. The van der Waals surface area contributed by atoms with Gasteiger partial charge in [0.25, 0.3) is 0 Å². The molecule has 0 spiro atoms. The quantitative estimate of drug-likeness (QED) is 0.0244. The number of hydrogen-bond donors (Lipinski definition) is 4. The SMILES string of the molecule is CC/C=C\C/C=C\C/C=C\C/C=C\C/C=C\CCCCCC(=O)NC(COP(=O)(O)OCC(O)COC(=O)CCCCCCC)C(=O)O. The topological polar surface area (TPSA) is 169 Å². The average molecular weight is 698 g/mol. The first-order valence-corrected chi connectivity index (χ1v) is 18.8. The van der Waals surface area contributed by atoms with Crippen molar-refractivity contribution in [3.8, 4) is 0 Å². The number of rotatable bonds is 31. The number of phosphoric ester groups is 1. The number of aliphatic hydroxyl groups is 1. The molecule has 0 heterocycles. The summed E-state index contributed by atoms with van der Waals surface area (Å²) in [4.78, 5) is 45.3. The van der Waals surface area contributed by atoms with E-state index >= 15 is 0 Å². The van der Waals surface area contributed by atoms with Gasteiger partial charge in [-0.3, -0.25) is 18.6 Å². The Morgan fingerprint density at radius 2 is 1.21 bits per heavy atom. The van der Waals surface area contributed by atoms with Gasteiger partial charge in [0, 0.05) is 12.8 Å². The van der Waals surface area contributed by atoms with Crippen LogP contribution in [-0.4, -0.2) is 64.9 Å². The molecule has 1 amide bonds. The highest BCUT2D eigenvalue weighted by Crippen LogP contribution is 2.43.